The van der Waals surface area contributed by atoms with Crippen LogP contribution in [0.25, 0.3) is 0 Å². The summed E-state index contributed by atoms with van der Waals surface area (Å²) in [7, 11) is 0. The summed E-state index contributed by atoms with van der Waals surface area (Å²) < 4.78 is 0. The molecular formula is C29H46O. The smallest absolute Gasteiger partial charge is 0.138 e. The summed E-state index contributed by atoms with van der Waals surface area (Å²) in [5.41, 5.74) is 5.36. The van der Waals surface area contributed by atoms with Crippen molar-refractivity contribution in [3.05, 3.63) is 11.1 Å². The van der Waals surface area contributed by atoms with E-state index in [1.165, 1.54) is 57.8 Å². The maximum atomic E-state index is 12.9. The minimum atomic E-state index is -0.123. The second-order valence-corrected chi connectivity index (χ2v) is 14.2. The van der Waals surface area contributed by atoms with Gasteiger partial charge in [0.05, 0.1) is 0 Å². The monoisotopic (exact) mass is 410 g/mol. The molecule has 168 valence electrons. The quantitative estimate of drug-likeness (QED) is 0.368. The van der Waals surface area contributed by atoms with Crippen LogP contribution in [0.2, 0.25) is 0 Å². The Morgan fingerprint density at radius 2 is 1.40 bits per heavy atom. The zero-order valence-electron chi connectivity index (χ0n) is 20.9. The summed E-state index contributed by atoms with van der Waals surface area (Å²) in [6.45, 7) is 17.6. The Labute approximate surface area is 185 Å². The van der Waals surface area contributed by atoms with E-state index in [1.54, 1.807) is 0 Å². The highest BCUT2D eigenvalue weighted by Crippen LogP contribution is 2.74. The van der Waals surface area contributed by atoms with Crippen LogP contribution < -0.4 is 0 Å². The molecule has 0 spiro atoms. The molecule has 6 unspecified atom stereocenters. The second-order valence-electron chi connectivity index (χ2n) is 14.2. The van der Waals surface area contributed by atoms with E-state index in [9.17, 15) is 4.79 Å². The molecule has 1 heteroatoms. The molecule has 0 aliphatic heterocycles. The fraction of sp³-hybridized carbons (Fsp3) is 0.897. The van der Waals surface area contributed by atoms with E-state index in [2.05, 4.69) is 48.5 Å². The molecule has 0 aromatic carbocycles. The first-order valence-corrected chi connectivity index (χ1v) is 13.1. The van der Waals surface area contributed by atoms with E-state index < -0.39 is 0 Å². The van der Waals surface area contributed by atoms with E-state index in [1.807, 2.05) is 11.1 Å². The first kappa shape index (κ1) is 21.3. The number of ketones is 1. The molecule has 0 aromatic rings. The molecule has 0 radical (unpaired) electrons. The van der Waals surface area contributed by atoms with Crippen molar-refractivity contribution >= 4 is 5.78 Å². The van der Waals surface area contributed by atoms with Crippen LogP contribution in [0, 0.1) is 44.8 Å². The van der Waals surface area contributed by atoms with Crippen molar-refractivity contribution in [3.63, 3.8) is 0 Å². The molecule has 3 saturated carbocycles. The van der Waals surface area contributed by atoms with E-state index in [0.717, 1.165) is 24.7 Å². The topological polar surface area (TPSA) is 17.1 Å². The number of hydrogen-bond acceptors (Lipinski definition) is 1. The van der Waals surface area contributed by atoms with Gasteiger partial charge in [0.2, 0.25) is 0 Å². The molecule has 5 rings (SSSR count). The van der Waals surface area contributed by atoms with Gasteiger partial charge in [0.15, 0.2) is 0 Å². The van der Waals surface area contributed by atoms with Crippen molar-refractivity contribution in [1.82, 2.24) is 0 Å². The van der Waals surface area contributed by atoms with Gasteiger partial charge in [-0.25, -0.2) is 0 Å². The average molecular weight is 411 g/mol. The SMILES string of the molecule is CC1(C)CCC2=C(C1)C1CCC3C4(C)CCC(=O)C(C)(C)C4CCC3(C)C1(C)CC2. The van der Waals surface area contributed by atoms with Crippen molar-refractivity contribution in [1.29, 1.82) is 0 Å². The number of hydrogen-bond donors (Lipinski definition) is 0. The molecule has 1 nitrogen and oxygen atoms in total. The third-order valence-electron chi connectivity index (χ3n) is 12.2. The van der Waals surface area contributed by atoms with Crippen molar-refractivity contribution in [2.75, 3.05) is 0 Å². The Morgan fingerprint density at radius 3 is 2.13 bits per heavy atom. The number of carbonyl (C=O) groups is 1. The predicted molar refractivity (Wildman–Crippen MR) is 125 cm³/mol. The summed E-state index contributed by atoms with van der Waals surface area (Å²) in [5, 5.41) is 0. The molecule has 0 saturated heterocycles. The highest BCUT2D eigenvalue weighted by Gasteiger charge is 2.67. The van der Waals surface area contributed by atoms with Gasteiger partial charge in [0.1, 0.15) is 5.78 Å². The van der Waals surface area contributed by atoms with Crippen molar-refractivity contribution in [2.24, 2.45) is 44.8 Å². The fourth-order valence-electron chi connectivity index (χ4n) is 10.2. The van der Waals surface area contributed by atoms with Gasteiger partial charge in [-0.1, -0.05) is 59.6 Å². The summed E-state index contributed by atoms with van der Waals surface area (Å²) in [6.07, 6.45) is 14.2. The second kappa shape index (κ2) is 6.26. The third-order valence-corrected chi connectivity index (χ3v) is 12.2. The van der Waals surface area contributed by atoms with Crippen LogP contribution in [-0.2, 0) is 4.79 Å². The molecular weight excluding hydrogens is 364 g/mol. The van der Waals surface area contributed by atoms with E-state index in [-0.39, 0.29) is 5.41 Å². The van der Waals surface area contributed by atoms with Crippen LogP contribution >= 0.6 is 0 Å². The van der Waals surface area contributed by atoms with Gasteiger partial charge in [-0.05, 0) is 104 Å². The number of fused-ring (bicyclic) bond motifs is 6. The summed E-state index contributed by atoms with van der Waals surface area (Å²) in [6, 6.07) is 0. The Morgan fingerprint density at radius 1 is 0.700 bits per heavy atom. The third kappa shape index (κ3) is 2.56. The average Bonchev–Trinajstić information content (AvgIpc) is 2.65. The largest absolute Gasteiger partial charge is 0.299 e. The summed E-state index contributed by atoms with van der Waals surface area (Å²) in [5.74, 6) is 2.72. The first-order valence-electron chi connectivity index (χ1n) is 13.1. The highest BCUT2D eigenvalue weighted by molar-refractivity contribution is 5.85. The van der Waals surface area contributed by atoms with Crippen molar-refractivity contribution in [3.8, 4) is 0 Å². The molecule has 5 aliphatic rings. The van der Waals surface area contributed by atoms with Gasteiger partial charge in [-0.15, -0.1) is 0 Å². The summed E-state index contributed by atoms with van der Waals surface area (Å²) in [4.78, 5) is 12.9. The van der Waals surface area contributed by atoms with Crippen LogP contribution in [0.3, 0.4) is 0 Å². The zero-order chi connectivity index (χ0) is 21.7. The van der Waals surface area contributed by atoms with Crippen LogP contribution in [-0.4, -0.2) is 5.78 Å². The fourth-order valence-corrected chi connectivity index (χ4v) is 10.2. The molecule has 30 heavy (non-hydrogen) atoms. The predicted octanol–water partition coefficient (Wildman–Crippen LogP) is 8.13. The van der Waals surface area contributed by atoms with Gasteiger partial charge in [0, 0.05) is 11.8 Å². The summed E-state index contributed by atoms with van der Waals surface area (Å²) >= 11 is 0. The Hall–Kier alpha value is -0.590. The number of allylic oxidation sites excluding steroid dienone is 2. The van der Waals surface area contributed by atoms with Crippen LogP contribution in [0.5, 0.6) is 0 Å². The molecule has 6 atom stereocenters. The molecule has 5 aliphatic carbocycles. The molecule has 0 N–H and O–H groups in total. The highest BCUT2D eigenvalue weighted by atomic mass is 16.1. The molecule has 3 fully saturated rings. The van der Waals surface area contributed by atoms with Gasteiger partial charge < -0.3 is 0 Å². The molecule has 0 amide bonds. The van der Waals surface area contributed by atoms with Crippen molar-refractivity contribution < 1.29 is 4.79 Å². The Balaban J connectivity index is 1.54. The Bertz CT molecular complexity index is 799. The lowest BCUT2D eigenvalue weighted by Gasteiger charge is -2.70. The van der Waals surface area contributed by atoms with E-state index in [0.29, 0.717) is 33.4 Å². The van der Waals surface area contributed by atoms with E-state index >= 15 is 0 Å². The first-order chi connectivity index (χ1) is 13.9. The van der Waals surface area contributed by atoms with Gasteiger partial charge in [-0.2, -0.15) is 0 Å². The normalized spacial score (nSPS) is 49.6. The standard InChI is InChI=1S/C29H46O/c1-25(2)14-10-19-11-16-28(6)21(20(19)18-25)8-9-23-27(5)15-13-24(30)26(3,4)22(27)12-17-29(23,28)7/h21-23H,8-18H2,1-7H3. The maximum absolute atomic E-state index is 12.9. The number of Topliss-reactive ketones (excluding diaryl/α,β-unsaturated/α-hetero) is 1. The maximum Gasteiger partial charge on any atom is 0.138 e. The minimum absolute atomic E-state index is 0.123. The lowest BCUT2D eigenvalue weighted by Crippen LogP contribution is -2.64. The molecule has 0 heterocycles. The van der Waals surface area contributed by atoms with Crippen LogP contribution in [0.4, 0.5) is 0 Å². The lowest BCUT2D eigenvalue weighted by molar-refractivity contribution is -0.205. The van der Waals surface area contributed by atoms with E-state index in [4.69, 9.17) is 0 Å². The number of rotatable bonds is 0. The molecule has 0 bridgehead atoms. The van der Waals surface area contributed by atoms with Crippen molar-refractivity contribution in [2.45, 2.75) is 119 Å². The molecule has 0 aromatic heterocycles. The zero-order valence-corrected chi connectivity index (χ0v) is 20.9. The van der Waals surface area contributed by atoms with Gasteiger partial charge >= 0.3 is 0 Å². The van der Waals surface area contributed by atoms with Crippen LogP contribution in [0.15, 0.2) is 11.1 Å². The number of carbonyl (C=O) groups excluding carboxylic acids is 1. The van der Waals surface area contributed by atoms with Crippen LogP contribution in [0.1, 0.15) is 119 Å². The lowest BCUT2D eigenvalue weighted by atomic mass is 9.34. The van der Waals surface area contributed by atoms with Gasteiger partial charge in [0.25, 0.3) is 0 Å². The minimum Gasteiger partial charge on any atom is -0.299 e. The van der Waals surface area contributed by atoms with Gasteiger partial charge in [-0.3, -0.25) is 4.79 Å². The Kier molecular flexibility index (Phi) is 4.43.